The van der Waals surface area contributed by atoms with Crippen LogP contribution in [0.5, 0.6) is 5.75 Å². The van der Waals surface area contributed by atoms with Gasteiger partial charge in [-0.05, 0) is 48.7 Å². The van der Waals surface area contributed by atoms with E-state index in [-0.39, 0.29) is 5.91 Å². The second-order valence-electron chi connectivity index (χ2n) is 7.29. The van der Waals surface area contributed by atoms with Crippen LogP contribution in [0.15, 0.2) is 66.0 Å². The molecular weight excluding hydrogens is 408 g/mol. The Kier molecular flexibility index (Phi) is 4.15. The number of hydrogen-bond acceptors (Lipinski definition) is 4. The monoisotopic (exact) mass is 424 g/mol. The van der Waals surface area contributed by atoms with Crippen molar-refractivity contribution in [2.75, 3.05) is 4.90 Å². The lowest BCUT2D eigenvalue weighted by atomic mass is 9.88. The molecule has 29 heavy (non-hydrogen) atoms. The van der Waals surface area contributed by atoms with Gasteiger partial charge < -0.3 is 4.74 Å². The van der Waals surface area contributed by atoms with Crippen molar-refractivity contribution in [3.63, 3.8) is 0 Å². The van der Waals surface area contributed by atoms with E-state index in [1.54, 1.807) is 35.2 Å². The molecule has 3 aromatic rings. The zero-order chi connectivity index (χ0) is 20.2. The van der Waals surface area contributed by atoms with Gasteiger partial charge in [0.15, 0.2) is 5.72 Å². The molecule has 2 bridgehead atoms. The molecule has 2 aliphatic rings. The van der Waals surface area contributed by atoms with E-state index in [0.29, 0.717) is 27.8 Å². The molecule has 2 aliphatic heterocycles. The number of urea groups is 1. The van der Waals surface area contributed by atoms with Gasteiger partial charge in [0, 0.05) is 22.7 Å². The molecule has 5 rings (SSSR count). The fourth-order valence-corrected chi connectivity index (χ4v) is 4.98. The largest absolute Gasteiger partial charge is 0.467 e. The third kappa shape index (κ3) is 2.82. The minimum Gasteiger partial charge on any atom is -0.467 e. The summed E-state index contributed by atoms with van der Waals surface area (Å²) in [6.07, 6.45) is 0.443. The van der Waals surface area contributed by atoms with Gasteiger partial charge in [-0.2, -0.15) is 0 Å². The van der Waals surface area contributed by atoms with E-state index in [0.717, 1.165) is 5.56 Å². The van der Waals surface area contributed by atoms with Gasteiger partial charge in [-0.25, -0.2) is 4.79 Å². The minimum atomic E-state index is -0.920. The normalized spacial score (nSPS) is 22.8. The van der Waals surface area contributed by atoms with E-state index in [9.17, 15) is 9.59 Å². The van der Waals surface area contributed by atoms with Gasteiger partial charge in [0.1, 0.15) is 5.75 Å². The molecule has 3 amide bonds. The summed E-state index contributed by atoms with van der Waals surface area (Å²) >= 11 is 7.54. The summed E-state index contributed by atoms with van der Waals surface area (Å²) in [5.41, 5.74) is 0.511. The Balaban J connectivity index is 1.70. The number of carbonyl (C=O) groups is 2. The van der Waals surface area contributed by atoms with E-state index in [2.05, 4.69) is 0 Å². The molecular formula is C22H17ClN2O3S. The highest BCUT2D eigenvalue weighted by molar-refractivity contribution is 7.12. The number of halogens is 1. The van der Waals surface area contributed by atoms with Gasteiger partial charge >= 0.3 is 6.03 Å². The fourth-order valence-electron chi connectivity index (χ4n) is 4.14. The topological polar surface area (TPSA) is 49.9 Å². The maximum absolute atomic E-state index is 13.7. The SMILES string of the molecule is CC12CC(c3cc(Cl)ccc3O1)N(C(=O)c1cccs1)C(=O)N2c1ccccc1. The third-order valence-electron chi connectivity index (χ3n) is 5.38. The third-order valence-corrected chi connectivity index (χ3v) is 6.47. The summed E-state index contributed by atoms with van der Waals surface area (Å²) in [7, 11) is 0. The molecule has 5 nitrogen and oxygen atoms in total. The molecule has 0 radical (unpaired) electrons. The molecule has 0 aliphatic carbocycles. The number of amides is 3. The lowest BCUT2D eigenvalue weighted by Crippen LogP contribution is -2.67. The average molecular weight is 425 g/mol. The van der Waals surface area contributed by atoms with Gasteiger partial charge in [0.2, 0.25) is 0 Å². The van der Waals surface area contributed by atoms with Crippen molar-refractivity contribution < 1.29 is 14.3 Å². The zero-order valence-electron chi connectivity index (χ0n) is 15.5. The van der Waals surface area contributed by atoms with Gasteiger partial charge in [-0.15, -0.1) is 11.3 Å². The van der Waals surface area contributed by atoms with Crippen LogP contribution in [0.1, 0.15) is 34.6 Å². The Labute approximate surface area is 177 Å². The number of benzene rings is 2. The molecule has 1 fully saturated rings. The first-order valence-electron chi connectivity index (χ1n) is 9.23. The molecule has 0 N–H and O–H groups in total. The molecule has 146 valence electrons. The summed E-state index contributed by atoms with van der Waals surface area (Å²) in [6, 6.07) is 17.3. The Morgan fingerprint density at radius 3 is 2.69 bits per heavy atom. The zero-order valence-corrected chi connectivity index (χ0v) is 17.1. The van der Waals surface area contributed by atoms with Crippen LogP contribution >= 0.6 is 22.9 Å². The van der Waals surface area contributed by atoms with Crippen molar-refractivity contribution in [2.45, 2.75) is 25.1 Å². The second kappa shape index (κ2) is 6.61. The van der Waals surface area contributed by atoms with Crippen molar-refractivity contribution in [3.8, 4) is 5.75 Å². The van der Waals surface area contributed by atoms with Gasteiger partial charge in [-0.3, -0.25) is 14.6 Å². The molecule has 0 saturated carbocycles. The van der Waals surface area contributed by atoms with Crippen LogP contribution in [0.2, 0.25) is 5.02 Å². The quantitative estimate of drug-likeness (QED) is 0.528. The number of para-hydroxylation sites is 1. The first-order valence-corrected chi connectivity index (χ1v) is 10.5. The Morgan fingerprint density at radius 1 is 1.17 bits per heavy atom. The van der Waals surface area contributed by atoms with E-state index in [1.165, 1.54) is 16.2 Å². The van der Waals surface area contributed by atoms with Crippen LogP contribution in [-0.2, 0) is 0 Å². The Morgan fingerprint density at radius 2 is 1.97 bits per heavy atom. The molecule has 1 aromatic heterocycles. The highest BCUT2D eigenvalue weighted by atomic mass is 35.5. The van der Waals surface area contributed by atoms with Gasteiger partial charge in [0.25, 0.3) is 5.91 Å². The maximum Gasteiger partial charge on any atom is 0.335 e. The average Bonchev–Trinajstić information content (AvgIpc) is 3.24. The molecule has 2 aromatic carbocycles. The van der Waals surface area contributed by atoms with E-state index in [4.69, 9.17) is 16.3 Å². The lowest BCUT2D eigenvalue weighted by Gasteiger charge is -2.53. The molecule has 2 unspecified atom stereocenters. The Bertz CT molecular complexity index is 1100. The summed E-state index contributed by atoms with van der Waals surface area (Å²) in [6.45, 7) is 1.88. The van der Waals surface area contributed by atoms with Crippen molar-refractivity contribution in [2.24, 2.45) is 0 Å². The standard InChI is InChI=1S/C22H17ClN2O3S/c1-22-13-17(16-12-14(23)9-10-18(16)28-22)24(20(26)19-8-5-11-29-19)21(27)25(22)15-6-3-2-4-7-15/h2-12,17H,13H2,1H3. The number of carbonyl (C=O) groups excluding carboxylic acids is 2. The molecule has 7 heteroatoms. The van der Waals surface area contributed by atoms with Gasteiger partial charge in [0.05, 0.1) is 10.9 Å². The maximum atomic E-state index is 13.7. The highest BCUT2D eigenvalue weighted by Crippen LogP contribution is 2.50. The van der Waals surface area contributed by atoms with Crippen molar-refractivity contribution >= 4 is 40.6 Å². The first-order chi connectivity index (χ1) is 14.0. The number of imide groups is 1. The number of thiophene rings is 1. The van der Waals surface area contributed by atoms with Crippen molar-refractivity contribution in [1.82, 2.24) is 4.90 Å². The van der Waals surface area contributed by atoms with Crippen LogP contribution in [0.3, 0.4) is 0 Å². The highest BCUT2D eigenvalue weighted by Gasteiger charge is 2.55. The number of nitrogens with zero attached hydrogens (tertiary/aromatic N) is 2. The second-order valence-corrected chi connectivity index (χ2v) is 8.67. The summed E-state index contributed by atoms with van der Waals surface area (Å²) in [5.74, 6) is 0.316. The van der Waals surface area contributed by atoms with Crippen molar-refractivity contribution in [1.29, 1.82) is 0 Å². The number of anilines is 1. The van der Waals surface area contributed by atoms with E-state index < -0.39 is 17.8 Å². The predicted octanol–water partition coefficient (Wildman–Crippen LogP) is 5.72. The summed E-state index contributed by atoms with van der Waals surface area (Å²) < 4.78 is 6.31. The van der Waals surface area contributed by atoms with E-state index in [1.807, 2.05) is 42.6 Å². The van der Waals surface area contributed by atoms with Crippen LogP contribution in [0.25, 0.3) is 0 Å². The number of ether oxygens (including phenoxy) is 1. The summed E-state index contributed by atoms with van der Waals surface area (Å²) in [4.78, 5) is 30.5. The number of rotatable bonds is 2. The molecule has 0 spiro atoms. The van der Waals surface area contributed by atoms with Crippen LogP contribution in [-0.4, -0.2) is 22.6 Å². The Hall–Kier alpha value is -2.83. The first kappa shape index (κ1) is 18.2. The fraction of sp³-hybridized carbons (Fsp3) is 0.182. The summed E-state index contributed by atoms with van der Waals surface area (Å²) in [5, 5.41) is 2.37. The lowest BCUT2D eigenvalue weighted by molar-refractivity contribution is 0.00284. The van der Waals surface area contributed by atoms with Crippen molar-refractivity contribution in [3.05, 3.63) is 81.5 Å². The van der Waals surface area contributed by atoms with Gasteiger partial charge in [-0.1, -0.05) is 35.9 Å². The van der Waals surface area contributed by atoms with Crippen LogP contribution in [0.4, 0.5) is 10.5 Å². The minimum absolute atomic E-state index is 0.314. The molecule has 3 heterocycles. The number of fused-ring (bicyclic) bond motifs is 4. The van der Waals surface area contributed by atoms with Crippen LogP contribution < -0.4 is 9.64 Å². The van der Waals surface area contributed by atoms with Crippen LogP contribution in [0, 0.1) is 0 Å². The number of hydrogen-bond donors (Lipinski definition) is 0. The smallest absolute Gasteiger partial charge is 0.335 e. The van der Waals surface area contributed by atoms with E-state index >= 15 is 0 Å². The predicted molar refractivity (Wildman–Crippen MR) is 113 cm³/mol. The molecule has 2 atom stereocenters. The molecule has 1 saturated heterocycles.